The lowest BCUT2D eigenvalue weighted by molar-refractivity contribution is -0.117. The van der Waals surface area contributed by atoms with Crippen molar-refractivity contribution in [3.63, 3.8) is 0 Å². The largest absolute Gasteiger partial charge is 0.324 e. The molecule has 74 valence electrons. The highest BCUT2D eigenvalue weighted by Crippen LogP contribution is 2.31. The fourth-order valence-electron chi connectivity index (χ4n) is 1.79. The molecule has 0 aromatic heterocycles. The smallest absolute Gasteiger partial charge is 0.246 e. The van der Waals surface area contributed by atoms with E-state index in [9.17, 15) is 4.79 Å². The van der Waals surface area contributed by atoms with Gasteiger partial charge < -0.3 is 10.6 Å². The summed E-state index contributed by atoms with van der Waals surface area (Å²) in [5.41, 5.74) is 3.19. The number of rotatable bonds is 2. The molecule has 1 aromatic carbocycles. The number of hydrogen-bond acceptors (Lipinski definition) is 2. The Morgan fingerprint density at radius 2 is 2.29 bits per heavy atom. The van der Waals surface area contributed by atoms with Gasteiger partial charge in [-0.25, -0.2) is 0 Å². The number of nitrogens with one attached hydrogen (secondary N) is 2. The maximum atomic E-state index is 11.6. The van der Waals surface area contributed by atoms with E-state index in [1.54, 1.807) is 0 Å². The summed E-state index contributed by atoms with van der Waals surface area (Å²) >= 11 is 0. The first-order valence-electron chi connectivity index (χ1n) is 4.87. The Morgan fingerprint density at radius 1 is 1.50 bits per heavy atom. The first-order valence-corrected chi connectivity index (χ1v) is 4.87. The fraction of sp³-hybridized carbons (Fsp3) is 0.364. The molecular weight excluding hydrogens is 176 g/mol. The van der Waals surface area contributed by atoms with E-state index >= 15 is 0 Å². The third kappa shape index (κ3) is 1.40. The minimum absolute atomic E-state index is 0.0486. The molecule has 2 N–H and O–H groups in total. The predicted molar refractivity (Wildman–Crippen MR) is 56.2 cm³/mol. The number of anilines is 1. The van der Waals surface area contributed by atoms with Crippen molar-refractivity contribution in [1.82, 2.24) is 5.32 Å². The summed E-state index contributed by atoms with van der Waals surface area (Å²) in [6.45, 7) is 4.83. The van der Waals surface area contributed by atoms with Crippen LogP contribution in [0.25, 0.3) is 0 Å². The molecule has 14 heavy (non-hydrogen) atoms. The highest BCUT2D eigenvalue weighted by molar-refractivity contribution is 6.02. The molecule has 2 rings (SSSR count). The van der Waals surface area contributed by atoms with Crippen LogP contribution in [0.5, 0.6) is 0 Å². The average molecular weight is 190 g/mol. The number of likely N-dealkylation sites (N-methyl/N-ethyl adjacent to an activating group) is 1. The number of aryl methyl sites for hydroxylation is 1. The van der Waals surface area contributed by atoms with Crippen LogP contribution in [-0.4, -0.2) is 12.5 Å². The number of fused-ring (bicyclic) bond motifs is 1. The second-order valence-electron chi connectivity index (χ2n) is 3.57. The van der Waals surface area contributed by atoms with E-state index in [4.69, 9.17) is 0 Å². The summed E-state index contributed by atoms with van der Waals surface area (Å²) < 4.78 is 0. The van der Waals surface area contributed by atoms with Crippen LogP contribution < -0.4 is 10.6 Å². The van der Waals surface area contributed by atoms with Crippen LogP contribution in [-0.2, 0) is 4.79 Å². The quantitative estimate of drug-likeness (QED) is 0.743. The summed E-state index contributed by atoms with van der Waals surface area (Å²) in [5.74, 6) is 0.0486. The molecule has 3 nitrogen and oxygen atoms in total. The minimum Gasteiger partial charge on any atom is -0.324 e. The van der Waals surface area contributed by atoms with E-state index in [2.05, 4.69) is 16.7 Å². The monoisotopic (exact) mass is 190 g/mol. The molecule has 1 unspecified atom stereocenters. The molecular formula is C11H14N2O. The number of hydrogen-bond donors (Lipinski definition) is 2. The van der Waals surface area contributed by atoms with Crippen molar-refractivity contribution in [2.75, 3.05) is 11.9 Å². The summed E-state index contributed by atoms with van der Waals surface area (Å²) in [6, 6.07) is 5.85. The fourth-order valence-corrected chi connectivity index (χ4v) is 1.79. The van der Waals surface area contributed by atoms with Gasteiger partial charge in [-0.05, 0) is 19.5 Å². The third-order valence-corrected chi connectivity index (χ3v) is 2.45. The predicted octanol–water partition coefficient (Wildman–Crippen LogP) is 1.60. The Kier molecular flexibility index (Phi) is 2.25. The molecule has 0 spiro atoms. The molecule has 0 radical (unpaired) electrons. The van der Waals surface area contributed by atoms with Crippen molar-refractivity contribution < 1.29 is 4.79 Å². The molecule has 0 fully saturated rings. The Morgan fingerprint density at radius 3 is 3.00 bits per heavy atom. The molecule has 1 aromatic rings. The van der Waals surface area contributed by atoms with Gasteiger partial charge in [-0.3, -0.25) is 4.79 Å². The first kappa shape index (κ1) is 9.21. The molecule has 1 aliphatic heterocycles. The molecule has 1 heterocycles. The van der Waals surface area contributed by atoms with E-state index in [0.717, 1.165) is 17.8 Å². The molecule has 0 bridgehead atoms. The molecule has 0 saturated carbocycles. The zero-order valence-corrected chi connectivity index (χ0v) is 8.42. The lowest BCUT2D eigenvalue weighted by Gasteiger charge is -2.09. The van der Waals surface area contributed by atoms with E-state index < -0.39 is 0 Å². The van der Waals surface area contributed by atoms with Crippen LogP contribution in [0.1, 0.15) is 24.1 Å². The van der Waals surface area contributed by atoms with Gasteiger partial charge in [-0.1, -0.05) is 24.6 Å². The summed E-state index contributed by atoms with van der Waals surface area (Å²) in [4.78, 5) is 11.6. The second kappa shape index (κ2) is 3.42. The average Bonchev–Trinajstić information content (AvgIpc) is 2.45. The Bertz CT molecular complexity index is 374. The molecule has 1 aliphatic rings. The Balaban J connectivity index is 2.39. The van der Waals surface area contributed by atoms with Gasteiger partial charge in [0.2, 0.25) is 5.91 Å². The highest BCUT2D eigenvalue weighted by atomic mass is 16.2. The zero-order chi connectivity index (χ0) is 10.1. The SMILES string of the molecule is CCNC1C(=O)Nc2ccc(C)cc21. The summed E-state index contributed by atoms with van der Waals surface area (Å²) in [7, 11) is 0. The topological polar surface area (TPSA) is 41.1 Å². The van der Waals surface area contributed by atoms with Crippen molar-refractivity contribution in [1.29, 1.82) is 0 Å². The number of amides is 1. The molecule has 1 amide bonds. The van der Waals surface area contributed by atoms with E-state index in [1.165, 1.54) is 5.56 Å². The number of benzene rings is 1. The van der Waals surface area contributed by atoms with Crippen molar-refractivity contribution in [2.24, 2.45) is 0 Å². The van der Waals surface area contributed by atoms with Gasteiger partial charge in [0, 0.05) is 11.3 Å². The van der Waals surface area contributed by atoms with Crippen molar-refractivity contribution in [2.45, 2.75) is 19.9 Å². The summed E-state index contributed by atoms with van der Waals surface area (Å²) in [6.07, 6.45) is 0. The Labute approximate surface area is 83.5 Å². The molecule has 0 aliphatic carbocycles. The number of carbonyl (C=O) groups is 1. The number of carbonyl (C=O) groups excluding carboxylic acids is 1. The maximum absolute atomic E-state index is 11.6. The van der Waals surface area contributed by atoms with Crippen LogP contribution in [0.3, 0.4) is 0 Å². The van der Waals surface area contributed by atoms with E-state index in [0.29, 0.717) is 0 Å². The highest BCUT2D eigenvalue weighted by Gasteiger charge is 2.29. The lowest BCUT2D eigenvalue weighted by Crippen LogP contribution is -2.27. The molecule has 1 atom stereocenters. The van der Waals surface area contributed by atoms with Crippen molar-refractivity contribution >= 4 is 11.6 Å². The van der Waals surface area contributed by atoms with E-state index in [-0.39, 0.29) is 11.9 Å². The third-order valence-electron chi connectivity index (χ3n) is 2.45. The molecule has 3 heteroatoms. The zero-order valence-electron chi connectivity index (χ0n) is 8.42. The van der Waals surface area contributed by atoms with Gasteiger partial charge in [0.1, 0.15) is 6.04 Å². The maximum Gasteiger partial charge on any atom is 0.246 e. The van der Waals surface area contributed by atoms with Gasteiger partial charge in [0.15, 0.2) is 0 Å². The van der Waals surface area contributed by atoms with Gasteiger partial charge >= 0.3 is 0 Å². The van der Waals surface area contributed by atoms with Gasteiger partial charge in [0.25, 0.3) is 0 Å². The van der Waals surface area contributed by atoms with Crippen LogP contribution in [0.4, 0.5) is 5.69 Å². The Hall–Kier alpha value is -1.35. The summed E-state index contributed by atoms with van der Waals surface area (Å²) in [5, 5.41) is 6.02. The van der Waals surface area contributed by atoms with Gasteiger partial charge in [-0.15, -0.1) is 0 Å². The van der Waals surface area contributed by atoms with Gasteiger partial charge in [0.05, 0.1) is 0 Å². The minimum atomic E-state index is -0.171. The van der Waals surface area contributed by atoms with Crippen LogP contribution >= 0.6 is 0 Å². The molecule has 0 saturated heterocycles. The van der Waals surface area contributed by atoms with Crippen molar-refractivity contribution in [3.8, 4) is 0 Å². The van der Waals surface area contributed by atoms with Crippen LogP contribution in [0.2, 0.25) is 0 Å². The van der Waals surface area contributed by atoms with Gasteiger partial charge in [-0.2, -0.15) is 0 Å². The lowest BCUT2D eigenvalue weighted by atomic mass is 10.1. The standard InChI is InChI=1S/C11H14N2O/c1-3-12-10-8-6-7(2)4-5-9(8)13-11(10)14/h4-6,10,12H,3H2,1-2H3,(H,13,14). The van der Waals surface area contributed by atoms with Crippen LogP contribution in [0.15, 0.2) is 18.2 Å². The van der Waals surface area contributed by atoms with Crippen LogP contribution in [0, 0.1) is 6.92 Å². The first-order chi connectivity index (χ1) is 6.72. The second-order valence-corrected chi connectivity index (χ2v) is 3.57. The van der Waals surface area contributed by atoms with E-state index in [1.807, 2.05) is 26.0 Å². The normalized spacial score (nSPS) is 19.3. The van der Waals surface area contributed by atoms with Crippen molar-refractivity contribution in [3.05, 3.63) is 29.3 Å².